The van der Waals surface area contributed by atoms with Crippen molar-refractivity contribution in [1.82, 2.24) is 4.90 Å². The van der Waals surface area contributed by atoms with E-state index in [4.69, 9.17) is 4.74 Å². The number of amides is 2. The predicted molar refractivity (Wildman–Crippen MR) is 111 cm³/mol. The van der Waals surface area contributed by atoms with Crippen molar-refractivity contribution in [1.29, 1.82) is 0 Å². The molecule has 0 fully saturated rings. The Morgan fingerprint density at radius 3 is 2.37 bits per heavy atom. The third kappa shape index (κ3) is 6.64. The fourth-order valence-electron chi connectivity index (χ4n) is 2.27. The number of hydrogen-bond acceptors (Lipinski definition) is 4. The zero-order valence-corrected chi connectivity index (χ0v) is 17.0. The van der Waals surface area contributed by atoms with Crippen molar-refractivity contribution in [2.45, 2.75) is 31.1 Å². The highest BCUT2D eigenvalue weighted by Crippen LogP contribution is 2.28. The third-order valence-electron chi connectivity index (χ3n) is 3.87. The molecule has 0 bridgehead atoms. The van der Waals surface area contributed by atoms with Crippen LogP contribution < -0.4 is 10.1 Å². The first kappa shape index (κ1) is 20.8. The highest BCUT2D eigenvalue weighted by molar-refractivity contribution is 8.13. The number of thioether (sulfide) groups is 1. The summed E-state index contributed by atoms with van der Waals surface area (Å²) in [6, 6.07) is 15.2. The number of anilines is 1. The van der Waals surface area contributed by atoms with Gasteiger partial charge in [-0.05, 0) is 47.5 Å². The van der Waals surface area contributed by atoms with Crippen molar-refractivity contribution in [3.05, 3.63) is 54.1 Å². The summed E-state index contributed by atoms with van der Waals surface area (Å²) in [5, 5.41) is 2.76. The van der Waals surface area contributed by atoms with Crippen molar-refractivity contribution >= 4 is 28.6 Å². The van der Waals surface area contributed by atoms with E-state index in [0.29, 0.717) is 18.2 Å². The quantitative estimate of drug-likeness (QED) is 0.681. The first-order valence-electron chi connectivity index (χ1n) is 8.87. The highest BCUT2D eigenvalue weighted by Gasteiger charge is 2.12. The van der Waals surface area contributed by atoms with Gasteiger partial charge >= 0.3 is 0 Å². The summed E-state index contributed by atoms with van der Waals surface area (Å²) in [4.78, 5) is 26.3. The summed E-state index contributed by atoms with van der Waals surface area (Å²) in [7, 11) is 3.39. The molecule has 144 valence electrons. The fourth-order valence-corrected chi connectivity index (χ4v) is 3.01. The maximum atomic E-state index is 12.2. The number of carbonyl (C=O) groups excluding carboxylic acids is 2. The maximum Gasteiger partial charge on any atom is 0.286 e. The molecule has 0 saturated heterocycles. The number of hydrogen-bond donors (Lipinski definition) is 1. The Morgan fingerprint density at radius 1 is 1.07 bits per heavy atom. The van der Waals surface area contributed by atoms with Crippen LogP contribution in [0.15, 0.2) is 53.4 Å². The van der Waals surface area contributed by atoms with Gasteiger partial charge in [0.2, 0.25) is 5.91 Å². The average molecular weight is 387 g/mol. The van der Waals surface area contributed by atoms with Crippen molar-refractivity contribution in [2.24, 2.45) is 0 Å². The lowest BCUT2D eigenvalue weighted by atomic mass is 10.0. The summed E-state index contributed by atoms with van der Waals surface area (Å²) in [6.07, 6.45) is 0.229. The molecule has 0 saturated carbocycles. The molecule has 0 aliphatic heterocycles. The fraction of sp³-hybridized carbons (Fsp3) is 0.333. The van der Waals surface area contributed by atoms with E-state index in [1.54, 1.807) is 20.2 Å². The Balaban J connectivity index is 1.86. The molecule has 0 aromatic heterocycles. The van der Waals surface area contributed by atoms with Crippen LogP contribution in [0, 0.1) is 0 Å². The van der Waals surface area contributed by atoms with E-state index in [-0.39, 0.29) is 17.6 Å². The van der Waals surface area contributed by atoms with Crippen LogP contribution in [0.3, 0.4) is 0 Å². The van der Waals surface area contributed by atoms with Gasteiger partial charge in [0.05, 0.1) is 18.7 Å². The molecule has 0 atom stereocenters. The first-order chi connectivity index (χ1) is 12.9. The summed E-state index contributed by atoms with van der Waals surface area (Å²) < 4.78 is 5.65. The molecule has 27 heavy (non-hydrogen) atoms. The Bertz CT molecular complexity index is 773. The number of rotatable bonds is 7. The molecule has 2 rings (SSSR count). The van der Waals surface area contributed by atoms with Gasteiger partial charge in [-0.25, -0.2) is 0 Å². The van der Waals surface area contributed by atoms with Gasteiger partial charge in [-0.2, -0.15) is 0 Å². The van der Waals surface area contributed by atoms with Gasteiger partial charge in [0.1, 0.15) is 5.75 Å². The van der Waals surface area contributed by atoms with Crippen LogP contribution in [0.4, 0.5) is 10.5 Å². The normalized spacial score (nSPS) is 10.6. The van der Waals surface area contributed by atoms with Crippen LogP contribution in [0.1, 0.15) is 31.7 Å². The molecule has 0 aliphatic rings. The van der Waals surface area contributed by atoms with E-state index < -0.39 is 0 Å². The van der Waals surface area contributed by atoms with Crippen LogP contribution in [0.5, 0.6) is 5.75 Å². The standard InChI is InChI=1S/C21H26N2O3S/c1-15(2)16-9-11-17(12-10-16)26-14-13-20(24)22-18-7-5-6-8-19(18)27-21(25)23(3)4/h5-12,15H,13-14H2,1-4H3,(H,22,24). The molecule has 0 unspecified atom stereocenters. The van der Waals surface area contributed by atoms with Crippen molar-refractivity contribution in [2.75, 3.05) is 26.0 Å². The SMILES string of the molecule is CC(C)c1ccc(OCCC(=O)Nc2ccccc2SC(=O)N(C)C)cc1. The van der Waals surface area contributed by atoms with Gasteiger partial charge in [-0.15, -0.1) is 0 Å². The summed E-state index contributed by atoms with van der Waals surface area (Å²) in [5.41, 5.74) is 1.88. The molecule has 0 aliphatic carbocycles. The lowest BCUT2D eigenvalue weighted by molar-refractivity contribution is -0.116. The average Bonchev–Trinajstić information content (AvgIpc) is 2.63. The molecule has 0 heterocycles. The molecule has 5 nitrogen and oxygen atoms in total. The number of para-hydroxylation sites is 1. The first-order valence-corrected chi connectivity index (χ1v) is 9.69. The molecule has 6 heteroatoms. The Kier molecular flexibility index (Phi) is 7.73. The monoisotopic (exact) mass is 386 g/mol. The lowest BCUT2D eigenvalue weighted by Crippen LogP contribution is -2.18. The predicted octanol–water partition coefficient (Wildman–Crippen LogP) is 4.99. The van der Waals surface area contributed by atoms with E-state index >= 15 is 0 Å². The summed E-state index contributed by atoms with van der Waals surface area (Å²) in [6.45, 7) is 4.57. The zero-order valence-electron chi connectivity index (χ0n) is 16.2. The van der Waals surface area contributed by atoms with Crippen LogP contribution >= 0.6 is 11.8 Å². The van der Waals surface area contributed by atoms with E-state index in [2.05, 4.69) is 19.2 Å². The maximum absolute atomic E-state index is 12.2. The molecule has 2 aromatic rings. The second-order valence-corrected chi connectivity index (χ2v) is 7.62. The Morgan fingerprint density at radius 2 is 1.74 bits per heavy atom. The molecule has 0 spiro atoms. The number of carbonyl (C=O) groups is 2. The molecule has 2 aromatic carbocycles. The highest BCUT2D eigenvalue weighted by atomic mass is 32.2. The van der Waals surface area contributed by atoms with Crippen LogP contribution in [-0.4, -0.2) is 36.7 Å². The van der Waals surface area contributed by atoms with Crippen LogP contribution in [-0.2, 0) is 4.79 Å². The van der Waals surface area contributed by atoms with Gasteiger partial charge in [0.15, 0.2) is 0 Å². The Labute approximate surface area is 165 Å². The number of nitrogens with zero attached hydrogens (tertiary/aromatic N) is 1. The zero-order chi connectivity index (χ0) is 19.8. The minimum atomic E-state index is -0.154. The molecular formula is C21H26N2O3S. The van der Waals surface area contributed by atoms with E-state index in [0.717, 1.165) is 22.4 Å². The molecule has 1 N–H and O–H groups in total. The van der Waals surface area contributed by atoms with E-state index in [1.807, 2.05) is 42.5 Å². The number of benzene rings is 2. The molecule has 0 radical (unpaired) electrons. The third-order valence-corrected chi connectivity index (χ3v) is 4.98. The van der Waals surface area contributed by atoms with Gasteiger partial charge in [-0.3, -0.25) is 9.59 Å². The van der Waals surface area contributed by atoms with Crippen LogP contribution in [0.2, 0.25) is 0 Å². The number of ether oxygens (including phenoxy) is 1. The smallest absolute Gasteiger partial charge is 0.286 e. The number of nitrogens with one attached hydrogen (secondary N) is 1. The molecular weight excluding hydrogens is 360 g/mol. The van der Waals surface area contributed by atoms with Gasteiger partial charge in [0, 0.05) is 19.0 Å². The topological polar surface area (TPSA) is 58.6 Å². The van der Waals surface area contributed by atoms with E-state index in [9.17, 15) is 9.59 Å². The lowest BCUT2D eigenvalue weighted by Gasteiger charge is -2.13. The van der Waals surface area contributed by atoms with Crippen molar-refractivity contribution in [3.63, 3.8) is 0 Å². The summed E-state index contributed by atoms with van der Waals surface area (Å²) >= 11 is 1.09. The van der Waals surface area contributed by atoms with E-state index in [1.165, 1.54) is 10.5 Å². The second kappa shape index (κ2) is 10.0. The Hall–Kier alpha value is -2.47. The largest absolute Gasteiger partial charge is 0.493 e. The van der Waals surface area contributed by atoms with Gasteiger partial charge < -0.3 is 15.0 Å². The molecule has 2 amide bonds. The van der Waals surface area contributed by atoms with Gasteiger partial charge in [0.25, 0.3) is 5.24 Å². The minimum Gasteiger partial charge on any atom is -0.493 e. The summed E-state index contributed by atoms with van der Waals surface area (Å²) in [5.74, 6) is 1.07. The van der Waals surface area contributed by atoms with Crippen LogP contribution in [0.25, 0.3) is 0 Å². The minimum absolute atomic E-state index is 0.0927. The van der Waals surface area contributed by atoms with Gasteiger partial charge in [-0.1, -0.05) is 38.1 Å². The van der Waals surface area contributed by atoms with Crippen molar-refractivity contribution < 1.29 is 14.3 Å². The second-order valence-electron chi connectivity index (χ2n) is 6.63. The van der Waals surface area contributed by atoms with Crippen molar-refractivity contribution in [3.8, 4) is 5.75 Å².